The van der Waals surface area contributed by atoms with Crippen LogP contribution in [-0.2, 0) is 4.79 Å². The Kier molecular flexibility index (Phi) is 5.29. The highest BCUT2D eigenvalue weighted by atomic mass is 16.2. The van der Waals surface area contributed by atoms with Crippen molar-refractivity contribution in [2.45, 2.75) is 26.3 Å². The lowest BCUT2D eigenvalue weighted by Gasteiger charge is -2.34. The fourth-order valence-electron chi connectivity index (χ4n) is 2.13. The van der Waals surface area contributed by atoms with Crippen LogP contribution in [0.3, 0.4) is 0 Å². The molecule has 1 unspecified atom stereocenters. The van der Waals surface area contributed by atoms with Crippen LogP contribution in [0.2, 0.25) is 0 Å². The SMILES string of the molecule is CCC(C)NCC(=O)N1CCN(c2ncccn2)CC1. The Balaban J connectivity index is 1.78. The molecule has 2 heterocycles. The van der Waals surface area contributed by atoms with Crippen LogP contribution in [0.15, 0.2) is 18.5 Å². The van der Waals surface area contributed by atoms with Crippen LogP contribution < -0.4 is 10.2 Å². The van der Waals surface area contributed by atoms with Gasteiger partial charge in [-0.15, -0.1) is 0 Å². The molecule has 6 nitrogen and oxygen atoms in total. The van der Waals surface area contributed by atoms with Gasteiger partial charge >= 0.3 is 0 Å². The highest BCUT2D eigenvalue weighted by Gasteiger charge is 2.22. The van der Waals surface area contributed by atoms with Crippen LogP contribution in [0.5, 0.6) is 0 Å². The molecule has 0 radical (unpaired) electrons. The van der Waals surface area contributed by atoms with Crippen LogP contribution in [0.1, 0.15) is 20.3 Å². The maximum absolute atomic E-state index is 12.1. The molecule has 1 aliphatic heterocycles. The molecule has 110 valence electrons. The summed E-state index contributed by atoms with van der Waals surface area (Å²) in [5.41, 5.74) is 0. The predicted molar refractivity (Wildman–Crippen MR) is 78.6 cm³/mol. The molecule has 0 aliphatic carbocycles. The molecule has 1 atom stereocenters. The smallest absolute Gasteiger partial charge is 0.236 e. The van der Waals surface area contributed by atoms with E-state index in [0.717, 1.165) is 38.5 Å². The lowest BCUT2D eigenvalue weighted by molar-refractivity contribution is -0.130. The van der Waals surface area contributed by atoms with Crippen molar-refractivity contribution in [2.75, 3.05) is 37.6 Å². The summed E-state index contributed by atoms with van der Waals surface area (Å²) in [5, 5.41) is 3.24. The molecule has 1 fully saturated rings. The minimum atomic E-state index is 0.180. The molecule has 20 heavy (non-hydrogen) atoms. The second-order valence-corrected chi connectivity index (χ2v) is 5.11. The summed E-state index contributed by atoms with van der Waals surface area (Å²) in [6, 6.07) is 2.20. The number of amides is 1. The molecular weight excluding hydrogens is 254 g/mol. The lowest BCUT2D eigenvalue weighted by Crippen LogP contribution is -2.51. The molecule has 1 aromatic heterocycles. The van der Waals surface area contributed by atoms with Gasteiger partial charge in [0.05, 0.1) is 6.54 Å². The van der Waals surface area contributed by atoms with Crippen molar-refractivity contribution < 1.29 is 4.79 Å². The Hall–Kier alpha value is -1.69. The molecular formula is C14H23N5O. The first-order chi connectivity index (χ1) is 9.70. The Morgan fingerprint density at radius 1 is 1.30 bits per heavy atom. The van der Waals surface area contributed by atoms with Crippen molar-refractivity contribution in [3.8, 4) is 0 Å². The Morgan fingerprint density at radius 2 is 1.95 bits per heavy atom. The summed E-state index contributed by atoms with van der Waals surface area (Å²) < 4.78 is 0. The molecule has 1 amide bonds. The molecule has 0 saturated carbocycles. The highest BCUT2D eigenvalue weighted by molar-refractivity contribution is 5.78. The Bertz CT molecular complexity index is 417. The van der Waals surface area contributed by atoms with Gasteiger partial charge in [-0.2, -0.15) is 0 Å². The zero-order valence-corrected chi connectivity index (χ0v) is 12.2. The number of hydrogen-bond donors (Lipinski definition) is 1. The van der Waals surface area contributed by atoms with Gasteiger partial charge in [0.15, 0.2) is 0 Å². The second kappa shape index (κ2) is 7.19. The standard InChI is InChI=1S/C14H23N5O/c1-3-12(2)17-11-13(20)18-7-9-19(10-8-18)14-15-5-4-6-16-14/h4-6,12,17H,3,7-11H2,1-2H3. The molecule has 0 aromatic carbocycles. The lowest BCUT2D eigenvalue weighted by atomic mass is 10.2. The average molecular weight is 277 g/mol. The van der Waals surface area contributed by atoms with Crippen LogP contribution in [0.4, 0.5) is 5.95 Å². The topological polar surface area (TPSA) is 61.4 Å². The van der Waals surface area contributed by atoms with E-state index in [-0.39, 0.29) is 5.91 Å². The van der Waals surface area contributed by atoms with Gasteiger partial charge in [-0.1, -0.05) is 6.92 Å². The number of carbonyl (C=O) groups excluding carboxylic acids is 1. The Morgan fingerprint density at radius 3 is 2.55 bits per heavy atom. The largest absolute Gasteiger partial charge is 0.338 e. The number of hydrogen-bond acceptors (Lipinski definition) is 5. The van der Waals surface area contributed by atoms with Gasteiger partial charge in [0.2, 0.25) is 11.9 Å². The van der Waals surface area contributed by atoms with E-state index in [9.17, 15) is 4.79 Å². The third kappa shape index (κ3) is 3.90. The van der Waals surface area contributed by atoms with Crippen molar-refractivity contribution in [2.24, 2.45) is 0 Å². The van der Waals surface area contributed by atoms with E-state index in [4.69, 9.17) is 0 Å². The monoisotopic (exact) mass is 277 g/mol. The quantitative estimate of drug-likeness (QED) is 0.850. The first-order valence-electron chi connectivity index (χ1n) is 7.24. The molecule has 6 heteroatoms. The number of carbonyl (C=O) groups is 1. The second-order valence-electron chi connectivity index (χ2n) is 5.11. The molecule has 1 N–H and O–H groups in total. The number of aromatic nitrogens is 2. The summed E-state index contributed by atoms with van der Waals surface area (Å²) in [6.45, 7) is 7.69. The van der Waals surface area contributed by atoms with Crippen molar-refractivity contribution in [3.63, 3.8) is 0 Å². The first-order valence-corrected chi connectivity index (χ1v) is 7.24. The zero-order valence-electron chi connectivity index (χ0n) is 12.2. The van der Waals surface area contributed by atoms with Gasteiger partial charge in [-0.05, 0) is 19.4 Å². The van der Waals surface area contributed by atoms with Crippen LogP contribution in [0.25, 0.3) is 0 Å². The van der Waals surface area contributed by atoms with E-state index >= 15 is 0 Å². The van der Waals surface area contributed by atoms with Crippen LogP contribution in [-0.4, -0.2) is 59.5 Å². The zero-order chi connectivity index (χ0) is 14.4. The van der Waals surface area contributed by atoms with Crippen molar-refractivity contribution in [1.82, 2.24) is 20.2 Å². The van der Waals surface area contributed by atoms with Gasteiger partial charge in [0.1, 0.15) is 0 Å². The molecule has 1 aliphatic rings. The molecule has 1 saturated heterocycles. The van der Waals surface area contributed by atoms with Crippen LogP contribution in [0, 0.1) is 0 Å². The number of rotatable bonds is 5. The highest BCUT2D eigenvalue weighted by Crippen LogP contribution is 2.09. The number of anilines is 1. The van der Waals surface area contributed by atoms with E-state index < -0.39 is 0 Å². The fourth-order valence-corrected chi connectivity index (χ4v) is 2.13. The molecule has 0 bridgehead atoms. The summed E-state index contributed by atoms with van der Waals surface area (Å²) in [7, 11) is 0. The van der Waals surface area contributed by atoms with E-state index in [0.29, 0.717) is 12.6 Å². The number of nitrogens with zero attached hydrogens (tertiary/aromatic N) is 4. The maximum Gasteiger partial charge on any atom is 0.236 e. The average Bonchev–Trinajstić information content (AvgIpc) is 2.53. The predicted octanol–water partition coefficient (Wildman–Crippen LogP) is 0.513. The molecule has 0 spiro atoms. The third-order valence-corrected chi connectivity index (χ3v) is 3.68. The van der Waals surface area contributed by atoms with E-state index in [1.165, 1.54) is 0 Å². The van der Waals surface area contributed by atoms with Gasteiger partial charge in [-0.25, -0.2) is 9.97 Å². The van der Waals surface area contributed by atoms with Gasteiger partial charge < -0.3 is 15.1 Å². The first kappa shape index (κ1) is 14.7. The van der Waals surface area contributed by atoms with E-state index in [1.54, 1.807) is 12.4 Å². The normalized spacial score (nSPS) is 17.1. The molecule has 2 rings (SSSR count). The van der Waals surface area contributed by atoms with Crippen molar-refractivity contribution in [3.05, 3.63) is 18.5 Å². The van der Waals surface area contributed by atoms with Crippen molar-refractivity contribution >= 4 is 11.9 Å². The van der Waals surface area contributed by atoms with Gasteiger partial charge in [-0.3, -0.25) is 4.79 Å². The number of nitrogens with one attached hydrogen (secondary N) is 1. The van der Waals surface area contributed by atoms with Crippen LogP contribution >= 0.6 is 0 Å². The molecule has 1 aromatic rings. The maximum atomic E-state index is 12.1. The van der Waals surface area contributed by atoms with Gasteiger partial charge in [0.25, 0.3) is 0 Å². The summed E-state index contributed by atoms with van der Waals surface area (Å²) in [6.07, 6.45) is 4.53. The summed E-state index contributed by atoms with van der Waals surface area (Å²) in [4.78, 5) is 24.6. The number of piperazine rings is 1. The van der Waals surface area contributed by atoms with Gasteiger partial charge in [0, 0.05) is 44.6 Å². The van der Waals surface area contributed by atoms with E-state index in [2.05, 4.69) is 34.0 Å². The summed E-state index contributed by atoms with van der Waals surface area (Å²) in [5.74, 6) is 0.927. The minimum absolute atomic E-state index is 0.180. The minimum Gasteiger partial charge on any atom is -0.338 e. The Labute approximate surface area is 120 Å². The summed E-state index contributed by atoms with van der Waals surface area (Å²) >= 11 is 0. The van der Waals surface area contributed by atoms with E-state index in [1.807, 2.05) is 11.0 Å². The third-order valence-electron chi connectivity index (χ3n) is 3.68. The fraction of sp³-hybridized carbons (Fsp3) is 0.643. The van der Waals surface area contributed by atoms with Crippen molar-refractivity contribution in [1.29, 1.82) is 0 Å².